The van der Waals surface area contributed by atoms with Gasteiger partial charge in [0.2, 0.25) is 0 Å². The maximum Gasteiger partial charge on any atom is 0.154 e. The zero-order valence-electron chi connectivity index (χ0n) is 6.55. The third-order valence-corrected chi connectivity index (χ3v) is 1.99. The number of nitrogens with zero attached hydrogens (tertiary/aromatic N) is 1. The molecule has 0 aromatic heterocycles. The van der Waals surface area contributed by atoms with E-state index < -0.39 is 0 Å². The van der Waals surface area contributed by atoms with Crippen LogP contribution in [0, 0.1) is 0 Å². The van der Waals surface area contributed by atoms with Gasteiger partial charge in [0.15, 0.2) is 5.60 Å². The van der Waals surface area contributed by atoms with E-state index in [1.807, 2.05) is 6.92 Å². The van der Waals surface area contributed by atoms with Gasteiger partial charge in [-0.05, 0) is 13.3 Å². The summed E-state index contributed by atoms with van der Waals surface area (Å²) >= 11 is 0. The molecule has 2 N–H and O–H groups in total. The van der Waals surface area contributed by atoms with E-state index in [-0.39, 0.29) is 5.60 Å². The lowest BCUT2D eigenvalue weighted by Crippen LogP contribution is -2.37. The van der Waals surface area contributed by atoms with Crippen LogP contribution in [0.25, 0.3) is 0 Å². The lowest BCUT2D eigenvalue weighted by atomic mass is 9.95. The predicted octanol–water partition coefficient (Wildman–Crippen LogP) is 0.890. The first-order valence-electron chi connectivity index (χ1n) is 3.64. The molecule has 0 saturated heterocycles. The maximum atomic E-state index is 5.54. The Morgan fingerprint density at radius 2 is 2.50 bits per heavy atom. The molecule has 0 radical (unpaired) electrons. The molecule has 3 nitrogen and oxygen atoms in total. The SMILES string of the molecule is CC[C@]1(CN)CC(C)=NO1. The van der Waals surface area contributed by atoms with Crippen molar-refractivity contribution >= 4 is 5.71 Å². The van der Waals surface area contributed by atoms with Crippen molar-refractivity contribution in [1.82, 2.24) is 0 Å². The number of hydrogen-bond acceptors (Lipinski definition) is 3. The Labute approximate surface area is 61.2 Å². The van der Waals surface area contributed by atoms with Crippen LogP contribution in [0.3, 0.4) is 0 Å². The summed E-state index contributed by atoms with van der Waals surface area (Å²) in [4.78, 5) is 5.21. The van der Waals surface area contributed by atoms with E-state index in [1.165, 1.54) is 0 Å². The standard InChI is InChI=1S/C7H14N2O/c1-3-7(5-8)4-6(2)9-10-7/h3-5,8H2,1-2H3/t7-/m1/s1. The summed E-state index contributed by atoms with van der Waals surface area (Å²) in [5, 5.41) is 3.87. The first-order valence-corrected chi connectivity index (χ1v) is 3.64. The third-order valence-electron chi connectivity index (χ3n) is 1.99. The normalized spacial score (nSPS) is 31.7. The zero-order chi connectivity index (χ0) is 7.61. The Balaban J connectivity index is 2.57. The molecule has 58 valence electrons. The maximum absolute atomic E-state index is 5.54. The van der Waals surface area contributed by atoms with Gasteiger partial charge in [0.1, 0.15) is 0 Å². The lowest BCUT2D eigenvalue weighted by molar-refractivity contribution is -0.0140. The van der Waals surface area contributed by atoms with E-state index in [9.17, 15) is 0 Å². The van der Waals surface area contributed by atoms with Crippen LogP contribution in [0.4, 0.5) is 0 Å². The minimum atomic E-state index is -0.177. The second-order valence-corrected chi connectivity index (χ2v) is 2.84. The number of rotatable bonds is 2. The van der Waals surface area contributed by atoms with Crippen molar-refractivity contribution in [2.75, 3.05) is 6.54 Å². The second kappa shape index (κ2) is 2.58. The van der Waals surface area contributed by atoms with Crippen molar-refractivity contribution in [2.24, 2.45) is 10.9 Å². The van der Waals surface area contributed by atoms with E-state index in [0.29, 0.717) is 6.54 Å². The highest BCUT2D eigenvalue weighted by atomic mass is 16.7. The van der Waals surface area contributed by atoms with Crippen molar-refractivity contribution in [3.05, 3.63) is 0 Å². The van der Waals surface area contributed by atoms with Gasteiger partial charge in [-0.2, -0.15) is 0 Å². The van der Waals surface area contributed by atoms with Gasteiger partial charge in [-0.3, -0.25) is 0 Å². The largest absolute Gasteiger partial charge is 0.388 e. The fourth-order valence-corrected chi connectivity index (χ4v) is 1.15. The van der Waals surface area contributed by atoms with E-state index in [2.05, 4.69) is 12.1 Å². The summed E-state index contributed by atoms with van der Waals surface area (Å²) in [6.45, 7) is 4.60. The van der Waals surface area contributed by atoms with Gasteiger partial charge in [0.05, 0.1) is 5.71 Å². The van der Waals surface area contributed by atoms with Crippen LogP contribution < -0.4 is 5.73 Å². The molecule has 0 unspecified atom stereocenters. The minimum absolute atomic E-state index is 0.177. The van der Waals surface area contributed by atoms with Crippen LogP contribution in [0.15, 0.2) is 5.16 Å². The Hall–Kier alpha value is -0.570. The summed E-state index contributed by atoms with van der Waals surface area (Å²) in [5.74, 6) is 0. The summed E-state index contributed by atoms with van der Waals surface area (Å²) < 4.78 is 0. The molecule has 1 aliphatic heterocycles. The molecule has 1 aliphatic rings. The van der Waals surface area contributed by atoms with Crippen LogP contribution in [-0.2, 0) is 4.84 Å². The Bertz CT molecular complexity index is 150. The molecule has 0 aromatic carbocycles. The topological polar surface area (TPSA) is 47.6 Å². The summed E-state index contributed by atoms with van der Waals surface area (Å²) in [5.41, 5.74) is 6.42. The molecule has 0 saturated carbocycles. The Morgan fingerprint density at radius 1 is 1.80 bits per heavy atom. The first-order chi connectivity index (χ1) is 4.72. The minimum Gasteiger partial charge on any atom is -0.388 e. The molecule has 0 amide bonds. The molecule has 10 heavy (non-hydrogen) atoms. The van der Waals surface area contributed by atoms with Gasteiger partial charge in [0, 0.05) is 13.0 Å². The fraction of sp³-hybridized carbons (Fsp3) is 0.857. The Morgan fingerprint density at radius 3 is 2.70 bits per heavy atom. The van der Waals surface area contributed by atoms with Gasteiger partial charge in [0.25, 0.3) is 0 Å². The average Bonchev–Trinajstić information content (AvgIpc) is 2.33. The van der Waals surface area contributed by atoms with Crippen LogP contribution in [0.1, 0.15) is 26.7 Å². The smallest absolute Gasteiger partial charge is 0.154 e. The third kappa shape index (κ3) is 1.14. The predicted molar refractivity (Wildman–Crippen MR) is 40.9 cm³/mol. The van der Waals surface area contributed by atoms with Gasteiger partial charge >= 0.3 is 0 Å². The van der Waals surface area contributed by atoms with Crippen molar-refractivity contribution in [2.45, 2.75) is 32.3 Å². The highest BCUT2D eigenvalue weighted by Gasteiger charge is 2.34. The van der Waals surface area contributed by atoms with E-state index >= 15 is 0 Å². The summed E-state index contributed by atoms with van der Waals surface area (Å²) in [6.07, 6.45) is 1.82. The Kier molecular flexibility index (Phi) is 1.94. The van der Waals surface area contributed by atoms with Crippen molar-refractivity contribution in [3.63, 3.8) is 0 Å². The summed E-state index contributed by atoms with van der Waals surface area (Å²) in [7, 11) is 0. The van der Waals surface area contributed by atoms with E-state index in [0.717, 1.165) is 18.6 Å². The highest BCUT2D eigenvalue weighted by Crippen LogP contribution is 2.25. The number of oxime groups is 1. The fourth-order valence-electron chi connectivity index (χ4n) is 1.15. The van der Waals surface area contributed by atoms with Gasteiger partial charge in [-0.15, -0.1) is 0 Å². The number of hydrogen-bond donors (Lipinski definition) is 1. The molecule has 1 rings (SSSR count). The molecule has 1 heterocycles. The van der Waals surface area contributed by atoms with Crippen LogP contribution in [-0.4, -0.2) is 17.9 Å². The number of nitrogens with two attached hydrogens (primary N) is 1. The molecule has 0 bridgehead atoms. The van der Waals surface area contributed by atoms with Crippen LogP contribution in [0.5, 0.6) is 0 Å². The molecule has 1 atom stereocenters. The molecule has 0 aliphatic carbocycles. The molecule has 0 fully saturated rings. The van der Waals surface area contributed by atoms with E-state index in [1.54, 1.807) is 0 Å². The van der Waals surface area contributed by atoms with Crippen LogP contribution >= 0.6 is 0 Å². The average molecular weight is 142 g/mol. The molecule has 0 aromatic rings. The lowest BCUT2D eigenvalue weighted by Gasteiger charge is -2.22. The quantitative estimate of drug-likeness (QED) is 0.622. The molecular weight excluding hydrogens is 128 g/mol. The zero-order valence-corrected chi connectivity index (χ0v) is 6.55. The van der Waals surface area contributed by atoms with Gasteiger partial charge < -0.3 is 10.6 Å². The first kappa shape index (κ1) is 7.54. The van der Waals surface area contributed by atoms with Crippen molar-refractivity contribution in [3.8, 4) is 0 Å². The molecule has 3 heteroatoms. The molecule has 0 spiro atoms. The van der Waals surface area contributed by atoms with Crippen molar-refractivity contribution < 1.29 is 4.84 Å². The monoisotopic (exact) mass is 142 g/mol. The summed E-state index contributed by atoms with van der Waals surface area (Å²) in [6, 6.07) is 0. The second-order valence-electron chi connectivity index (χ2n) is 2.84. The van der Waals surface area contributed by atoms with Crippen molar-refractivity contribution in [1.29, 1.82) is 0 Å². The van der Waals surface area contributed by atoms with Gasteiger partial charge in [-0.25, -0.2) is 0 Å². The van der Waals surface area contributed by atoms with Crippen LogP contribution in [0.2, 0.25) is 0 Å². The van der Waals surface area contributed by atoms with Gasteiger partial charge in [-0.1, -0.05) is 12.1 Å². The molecular formula is C7H14N2O. The van der Waals surface area contributed by atoms with E-state index in [4.69, 9.17) is 10.6 Å². The highest BCUT2D eigenvalue weighted by molar-refractivity contribution is 5.83.